The number of hydrogen-bond acceptors (Lipinski definition) is 5. The lowest BCUT2D eigenvalue weighted by Crippen LogP contribution is -2.20. The van der Waals surface area contributed by atoms with Crippen molar-refractivity contribution in [1.29, 1.82) is 0 Å². The molecule has 0 aromatic carbocycles. The highest BCUT2D eigenvalue weighted by Crippen LogP contribution is 2.10. The van der Waals surface area contributed by atoms with Crippen LogP contribution in [0.3, 0.4) is 0 Å². The number of hydrogen-bond donors (Lipinski definition) is 4. The molecule has 0 radical (unpaired) electrons. The van der Waals surface area contributed by atoms with Gasteiger partial charge in [0.2, 0.25) is 0 Å². The number of aliphatic hydroxyl groups is 4. The van der Waals surface area contributed by atoms with Crippen LogP contribution >= 0.6 is 11.8 Å². The molecule has 0 spiro atoms. The number of aliphatic hydroxyl groups excluding tert-OH is 4. The molecule has 0 amide bonds. The van der Waals surface area contributed by atoms with E-state index in [1.807, 2.05) is 0 Å². The lowest BCUT2D eigenvalue weighted by atomic mass is 9.97. The molecule has 88 valence electrons. The minimum Gasteiger partial charge on any atom is -0.396 e. The van der Waals surface area contributed by atoms with Crippen molar-refractivity contribution in [3.8, 4) is 0 Å². The minimum atomic E-state index is -0.306. The lowest BCUT2D eigenvalue weighted by molar-refractivity contribution is 0.0857. The first-order valence-corrected chi connectivity index (χ1v) is 5.70. The van der Waals surface area contributed by atoms with Crippen molar-refractivity contribution in [2.75, 3.05) is 37.9 Å². The maximum atomic E-state index is 8.43. The van der Waals surface area contributed by atoms with Gasteiger partial charge in [-0.1, -0.05) is 13.8 Å². The van der Waals surface area contributed by atoms with E-state index in [0.717, 1.165) is 11.5 Å². The van der Waals surface area contributed by atoms with Crippen LogP contribution in [0, 0.1) is 5.41 Å². The van der Waals surface area contributed by atoms with E-state index < -0.39 is 0 Å². The van der Waals surface area contributed by atoms with E-state index in [-0.39, 0.29) is 31.8 Å². The molecule has 5 heteroatoms. The Morgan fingerprint density at radius 1 is 0.857 bits per heavy atom. The molecule has 0 aromatic heterocycles. The molecule has 0 unspecified atom stereocenters. The molecule has 0 heterocycles. The summed E-state index contributed by atoms with van der Waals surface area (Å²) >= 11 is 1.55. The van der Waals surface area contributed by atoms with Crippen molar-refractivity contribution in [1.82, 2.24) is 0 Å². The van der Waals surface area contributed by atoms with Crippen molar-refractivity contribution in [3.05, 3.63) is 0 Å². The Balaban J connectivity index is 0. The molecule has 4 nitrogen and oxygen atoms in total. The van der Waals surface area contributed by atoms with Crippen molar-refractivity contribution in [2.24, 2.45) is 5.41 Å². The Morgan fingerprint density at radius 2 is 1.21 bits per heavy atom. The van der Waals surface area contributed by atoms with Crippen molar-refractivity contribution >= 4 is 11.8 Å². The van der Waals surface area contributed by atoms with Crippen LogP contribution in [0.4, 0.5) is 0 Å². The second kappa shape index (κ2) is 11.3. The zero-order valence-corrected chi connectivity index (χ0v) is 9.76. The highest BCUT2D eigenvalue weighted by atomic mass is 32.2. The maximum absolute atomic E-state index is 8.43. The summed E-state index contributed by atoms with van der Waals surface area (Å²) in [7, 11) is 0. The monoisotopic (exact) mass is 226 g/mol. The van der Waals surface area contributed by atoms with Crippen LogP contribution in [-0.4, -0.2) is 58.4 Å². The first kappa shape index (κ1) is 16.6. The van der Waals surface area contributed by atoms with Gasteiger partial charge in [0.1, 0.15) is 0 Å². The molecule has 0 aliphatic heterocycles. The Labute approximate surface area is 90.0 Å². The second-order valence-electron chi connectivity index (χ2n) is 3.54. The van der Waals surface area contributed by atoms with Crippen LogP contribution in [0.25, 0.3) is 0 Å². The standard InChI is InChI=1S/C5H12O2.C4H10O2S/c1-5(2,3-6)4-7;5-1-3-7-4-2-6/h6-7H,3-4H2,1-2H3;5-6H,1-4H2. The van der Waals surface area contributed by atoms with E-state index in [9.17, 15) is 0 Å². The Hall–Kier alpha value is 0.190. The SMILES string of the molecule is CC(C)(CO)CO.OCCSCCO. The van der Waals surface area contributed by atoms with Gasteiger partial charge in [-0.25, -0.2) is 0 Å². The number of thioether (sulfide) groups is 1. The van der Waals surface area contributed by atoms with Gasteiger partial charge in [-0.2, -0.15) is 11.8 Å². The molecule has 0 rings (SSSR count). The highest BCUT2D eigenvalue weighted by molar-refractivity contribution is 7.99. The van der Waals surface area contributed by atoms with Gasteiger partial charge in [0, 0.05) is 16.9 Å². The van der Waals surface area contributed by atoms with Crippen LogP contribution in [0.15, 0.2) is 0 Å². The fourth-order valence-electron chi connectivity index (χ4n) is 0.281. The summed E-state index contributed by atoms with van der Waals surface area (Å²) in [5, 5.41) is 33.2. The van der Waals surface area contributed by atoms with Gasteiger partial charge in [-0.05, 0) is 0 Å². The molecule has 0 atom stereocenters. The summed E-state index contributed by atoms with van der Waals surface area (Å²) in [5.41, 5.74) is -0.306. The molecule has 0 bridgehead atoms. The lowest BCUT2D eigenvalue weighted by Gasteiger charge is -2.16. The van der Waals surface area contributed by atoms with Crippen LogP contribution in [0.2, 0.25) is 0 Å². The summed E-state index contributed by atoms with van der Waals surface area (Å²) < 4.78 is 0. The molecule has 0 aromatic rings. The van der Waals surface area contributed by atoms with Crippen LogP contribution in [0.5, 0.6) is 0 Å². The smallest absolute Gasteiger partial charge is 0.0521 e. The molecule has 0 aliphatic rings. The first-order chi connectivity index (χ1) is 6.54. The van der Waals surface area contributed by atoms with E-state index >= 15 is 0 Å². The predicted molar refractivity (Wildman–Crippen MR) is 59.4 cm³/mol. The van der Waals surface area contributed by atoms with Gasteiger partial charge in [-0.3, -0.25) is 0 Å². The van der Waals surface area contributed by atoms with Crippen molar-refractivity contribution < 1.29 is 20.4 Å². The van der Waals surface area contributed by atoms with Gasteiger partial charge in [0.25, 0.3) is 0 Å². The third-order valence-corrected chi connectivity index (χ3v) is 2.27. The van der Waals surface area contributed by atoms with Crippen LogP contribution < -0.4 is 0 Å². The van der Waals surface area contributed by atoms with Gasteiger partial charge in [0.05, 0.1) is 26.4 Å². The summed E-state index contributed by atoms with van der Waals surface area (Å²) in [6, 6.07) is 0. The normalized spacial score (nSPS) is 10.7. The quantitative estimate of drug-likeness (QED) is 0.468. The predicted octanol–water partition coefficient (Wildman–Crippen LogP) is -0.299. The van der Waals surface area contributed by atoms with Gasteiger partial charge >= 0.3 is 0 Å². The molecule has 0 saturated heterocycles. The van der Waals surface area contributed by atoms with Crippen molar-refractivity contribution in [2.45, 2.75) is 13.8 Å². The average Bonchev–Trinajstić information content (AvgIpc) is 2.20. The molecule has 0 saturated carbocycles. The van der Waals surface area contributed by atoms with Gasteiger partial charge < -0.3 is 20.4 Å². The van der Waals surface area contributed by atoms with E-state index in [2.05, 4.69) is 0 Å². The average molecular weight is 226 g/mol. The molecule has 4 N–H and O–H groups in total. The zero-order valence-electron chi connectivity index (χ0n) is 8.94. The molecule has 0 aliphatic carbocycles. The van der Waals surface area contributed by atoms with E-state index in [0.29, 0.717) is 0 Å². The third-order valence-electron chi connectivity index (χ3n) is 1.33. The molecular weight excluding hydrogens is 204 g/mol. The molecular formula is C9H22O4S. The Morgan fingerprint density at radius 3 is 1.36 bits per heavy atom. The summed E-state index contributed by atoms with van der Waals surface area (Å²) in [6.45, 7) is 4.11. The van der Waals surface area contributed by atoms with Gasteiger partial charge in [0.15, 0.2) is 0 Å². The maximum Gasteiger partial charge on any atom is 0.0521 e. The molecule has 14 heavy (non-hydrogen) atoms. The van der Waals surface area contributed by atoms with Gasteiger partial charge in [-0.15, -0.1) is 0 Å². The second-order valence-corrected chi connectivity index (χ2v) is 4.76. The Bertz CT molecular complexity index is 99.0. The van der Waals surface area contributed by atoms with E-state index in [1.54, 1.807) is 25.6 Å². The fourth-order valence-corrected chi connectivity index (χ4v) is 0.743. The van der Waals surface area contributed by atoms with Crippen LogP contribution in [0.1, 0.15) is 13.8 Å². The third kappa shape index (κ3) is 14.7. The largest absolute Gasteiger partial charge is 0.396 e. The van der Waals surface area contributed by atoms with E-state index in [4.69, 9.17) is 20.4 Å². The zero-order chi connectivity index (χ0) is 11.4. The summed E-state index contributed by atoms with van der Waals surface area (Å²) in [6.07, 6.45) is 0. The summed E-state index contributed by atoms with van der Waals surface area (Å²) in [5.74, 6) is 1.47. The van der Waals surface area contributed by atoms with E-state index in [1.165, 1.54) is 0 Å². The Kier molecular flexibility index (Phi) is 13.4. The molecule has 0 fully saturated rings. The first-order valence-electron chi connectivity index (χ1n) is 4.55. The summed E-state index contributed by atoms with van der Waals surface area (Å²) in [4.78, 5) is 0. The highest BCUT2D eigenvalue weighted by Gasteiger charge is 2.13. The number of rotatable bonds is 6. The fraction of sp³-hybridized carbons (Fsp3) is 1.00. The topological polar surface area (TPSA) is 80.9 Å². The van der Waals surface area contributed by atoms with Crippen LogP contribution in [-0.2, 0) is 0 Å². The minimum absolute atomic E-state index is 0.0451. The van der Waals surface area contributed by atoms with Crippen molar-refractivity contribution in [3.63, 3.8) is 0 Å².